The highest BCUT2D eigenvalue weighted by Gasteiger charge is 2.31. The number of halogens is 3. The number of hydrogen-bond acceptors (Lipinski definition) is 3. The zero-order valence-corrected chi connectivity index (χ0v) is 15.9. The number of benzene rings is 2. The Bertz CT molecular complexity index is 950. The summed E-state index contributed by atoms with van der Waals surface area (Å²) in [5.74, 6) is -1.66. The van der Waals surface area contributed by atoms with E-state index >= 15 is 0 Å². The van der Waals surface area contributed by atoms with Gasteiger partial charge in [0.15, 0.2) is 0 Å². The van der Waals surface area contributed by atoms with E-state index in [4.69, 9.17) is 5.73 Å². The third kappa shape index (κ3) is 4.79. The van der Waals surface area contributed by atoms with Crippen LogP contribution >= 0.6 is 0 Å². The van der Waals surface area contributed by atoms with Crippen LogP contribution in [0.3, 0.4) is 0 Å². The van der Waals surface area contributed by atoms with Crippen molar-refractivity contribution < 1.29 is 27.6 Å². The SMILES string of the molecule is NC(=O)c1ccccc1NC(=O)C1CCN(C(=O)c2ccc(C(F)(F)F)cc2)CC1. The van der Waals surface area contributed by atoms with E-state index in [-0.39, 0.29) is 28.9 Å². The number of piperidine rings is 1. The second-order valence-electron chi connectivity index (χ2n) is 7.04. The summed E-state index contributed by atoms with van der Waals surface area (Å²) in [5.41, 5.74) is 5.21. The lowest BCUT2D eigenvalue weighted by molar-refractivity contribution is -0.137. The average Bonchev–Trinajstić information content (AvgIpc) is 2.73. The maximum absolute atomic E-state index is 12.7. The van der Waals surface area contributed by atoms with E-state index in [0.29, 0.717) is 31.6 Å². The summed E-state index contributed by atoms with van der Waals surface area (Å²) in [6.07, 6.45) is -3.66. The van der Waals surface area contributed by atoms with E-state index in [0.717, 1.165) is 24.3 Å². The van der Waals surface area contributed by atoms with E-state index in [2.05, 4.69) is 5.32 Å². The number of rotatable bonds is 4. The molecule has 1 saturated heterocycles. The summed E-state index contributed by atoms with van der Waals surface area (Å²) in [6.45, 7) is 0.602. The van der Waals surface area contributed by atoms with Gasteiger partial charge >= 0.3 is 6.18 Å². The van der Waals surface area contributed by atoms with E-state index in [1.807, 2.05) is 0 Å². The molecule has 2 aromatic carbocycles. The molecule has 1 heterocycles. The summed E-state index contributed by atoms with van der Waals surface area (Å²) < 4.78 is 38.0. The Morgan fingerprint density at radius 3 is 2.13 bits per heavy atom. The Labute approximate surface area is 170 Å². The fraction of sp³-hybridized carbons (Fsp3) is 0.286. The Morgan fingerprint density at radius 1 is 0.967 bits per heavy atom. The number of amides is 3. The molecule has 1 fully saturated rings. The van der Waals surface area contributed by atoms with Gasteiger partial charge in [-0.1, -0.05) is 12.1 Å². The predicted octanol–water partition coefficient (Wildman–Crippen LogP) is 3.30. The number of nitrogens with two attached hydrogens (primary N) is 1. The summed E-state index contributed by atoms with van der Waals surface area (Å²) in [6, 6.07) is 10.5. The summed E-state index contributed by atoms with van der Waals surface area (Å²) >= 11 is 0. The second kappa shape index (κ2) is 8.56. The predicted molar refractivity (Wildman–Crippen MR) is 104 cm³/mol. The van der Waals surface area contributed by atoms with Crippen molar-refractivity contribution in [3.63, 3.8) is 0 Å². The molecule has 6 nitrogen and oxygen atoms in total. The molecule has 9 heteroatoms. The van der Waals surface area contributed by atoms with E-state index in [1.165, 1.54) is 11.0 Å². The largest absolute Gasteiger partial charge is 0.416 e. The molecule has 158 valence electrons. The summed E-state index contributed by atoms with van der Waals surface area (Å²) in [5, 5.41) is 2.71. The molecule has 0 atom stereocenters. The molecule has 1 aliphatic rings. The number of likely N-dealkylation sites (tertiary alicyclic amines) is 1. The van der Waals surface area contributed by atoms with Gasteiger partial charge in [0.2, 0.25) is 5.91 Å². The molecular formula is C21H20F3N3O3. The summed E-state index contributed by atoms with van der Waals surface area (Å²) in [7, 11) is 0. The highest BCUT2D eigenvalue weighted by molar-refractivity contribution is 6.03. The molecule has 0 spiro atoms. The zero-order valence-electron chi connectivity index (χ0n) is 15.9. The number of para-hydroxylation sites is 1. The van der Waals surface area contributed by atoms with Crippen molar-refractivity contribution in [3.8, 4) is 0 Å². The Kier molecular flexibility index (Phi) is 6.09. The highest BCUT2D eigenvalue weighted by Crippen LogP contribution is 2.29. The number of hydrogen-bond donors (Lipinski definition) is 2. The van der Waals surface area contributed by atoms with Crippen molar-refractivity contribution in [2.24, 2.45) is 11.7 Å². The molecule has 2 aromatic rings. The molecule has 0 aliphatic carbocycles. The van der Waals surface area contributed by atoms with Gasteiger partial charge in [-0.25, -0.2) is 0 Å². The number of carbonyl (C=O) groups is 3. The lowest BCUT2D eigenvalue weighted by atomic mass is 9.95. The average molecular weight is 419 g/mol. The minimum Gasteiger partial charge on any atom is -0.366 e. The molecule has 3 amide bonds. The van der Waals surface area contributed by atoms with Crippen LogP contribution in [0, 0.1) is 5.92 Å². The fourth-order valence-corrected chi connectivity index (χ4v) is 3.37. The first-order valence-electron chi connectivity index (χ1n) is 9.33. The molecule has 3 rings (SSSR count). The molecule has 3 N–H and O–H groups in total. The lowest BCUT2D eigenvalue weighted by Gasteiger charge is -2.31. The Morgan fingerprint density at radius 2 is 1.57 bits per heavy atom. The molecule has 0 radical (unpaired) electrons. The van der Waals surface area contributed by atoms with Crippen molar-refractivity contribution in [2.45, 2.75) is 19.0 Å². The van der Waals surface area contributed by atoms with Gasteiger partial charge in [0, 0.05) is 24.6 Å². The lowest BCUT2D eigenvalue weighted by Crippen LogP contribution is -2.41. The number of carbonyl (C=O) groups excluding carboxylic acids is 3. The van der Waals surface area contributed by atoms with Crippen molar-refractivity contribution in [1.82, 2.24) is 4.90 Å². The van der Waals surface area contributed by atoms with Crippen LogP contribution < -0.4 is 11.1 Å². The minimum atomic E-state index is -4.46. The number of alkyl halides is 3. The number of nitrogens with one attached hydrogen (secondary N) is 1. The Balaban J connectivity index is 1.58. The van der Waals surface area contributed by atoms with Crippen LogP contribution in [-0.4, -0.2) is 35.7 Å². The quantitative estimate of drug-likeness (QED) is 0.797. The Hall–Kier alpha value is -3.36. The maximum Gasteiger partial charge on any atom is 0.416 e. The van der Waals surface area contributed by atoms with Crippen LogP contribution in [-0.2, 0) is 11.0 Å². The van der Waals surface area contributed by atoms with Crippen LogP contribution in [0.1, 0.15) is 39.1 Å². The van der Waals surface area contributed by atoms with Gasteiger partial charge < -0.3 is 16.0 Å². The molecule has 0 aromatic heterocycles. The van der Waals surface area contributed by atoms with Crippen LogP contribution in [0.25, 0.3) is 0 Å². The van der Waals surface area contributed by atoms with Gasteiger partial charge in [-0.15, -0.1) is 0 Å². The molecule has 0 saturated carbocycles. The van der Waals surface area contributed by atoms with Crippen molar-refractivity contribution >= 4 is 23.4 Å². The smallest absolute Gasteiger partial charge is 0.366 e. The first kappa shape index (κ1) is 21.4. The zero-order chi connectivity index (χ0) is 21.9. The minimum absolute atomic E-state index is 0.168. The van der Waals surface area contributed by atoms with Crippen molar-refractivity contribution in [1.29, 1.82) is 0 Å². The number of primary amides is 1. The van der Waals surface area contributed by atoms with Crippen LogP contribution in [0.4, 0.5) is 18.9 Å². The second-order valence-corrected chi connectivity index (χ2v) is 7.04. The van der Waals surface area contributed by atoms with Gasteiger partial charge in [0.1, 0.15) is 0 Å². The molecule has 30 heavy (non-hydrogen) atoms. The topological polar surface area (TPSA) is 92.5 Å². The van der Waals surface area contributed by atoms with Crippen LogP contribution in [0.2, 0.25) is 0 Å². The third-order valence-corrected chi connectivity index (χ3v) is 5.06. The van der Waals surface area contributed by atoms with E-state index in [9.17, 15) is 27.6 Å². The molecule has 0 bridgehead atoms. The molecule has 1 aliphatic heterocycles. The fourth-order valence-electron chi connectivity index (χ4n) is 3.37. The summed E-state index contributed by atoms with van der Waals surface area (Å²) in [4.78, 5) is 38.1. The monoisotopic (exact) mass is 419 g/mol. The first-order chi connectivity index (χ1) is 14.2. The van der Waals surface area contributed by atoms with Crippen LogP contribution in [0.15, 0.2) is 48.5 Å². The highest BCUT2D eigenvalue weighted by atomic mass is 19.4. The van der Waals surface area contributed by atoms with E-state index in [1.54, 1.807) is 18.2 Å². The van der Waals surface area contributed by atoms with Gasteiger partial charge in [-0.05, 0) is 49.2 Å². The van der Waals surface area contributed by atoms with Crippen LogP contribution in [0.5, 0.6) is 0 Å². The van der Waals surface area contributed by atoms with Crippen molar-refractivity contribution in [2.75, 3.05) is 18.4 Å². The van der Waals surface area contributed by atoms with Gasteiger partial charge in [0.25, 0.3) is 11.8 Å². The first-order valence-corrected chi connectivity index (χ1v) is 9.33. The van der Waals surface area contributed by atoms with Gasteiger partial charge in [-0.2, -0.15) is 13.2 Å². The third-order valence-electron chi connectivity index (χ3n) is 5.06. The molecule has 0 unspecified atom stereocenters. The number of nitrogens with zero attached hydrogens (tertiary/aromatic N) is 1. The van der Waals surface area contributed by atoms with Crippen molar-refractivity contribution in [3.05, 3.63) is 65.2 Å². The van der Waals surface area contributed by atoms with E-state index < -0.39 is 17.6 Å². The maximum atomic E-state index is 12.7. The number of anilines is 1. The van der Waals surface area contributed by atoms with Gasteiger partial charge in [0.05, 0.1) is 16.8 Å². The van der Waals surface area contributed by atoms with Gasteiger partial charge in [-0.3, -0.25) is 14.4 Å². The standard InChI is InChI=1S/C21H20F3N3O3/c22-21(23,24)15-7-5-14(6-8-15)20(30)27-11-9-13(10-12-27)19(29)26-17-4-2-1-3-16(17)18(25)28/h1-8,13H,9-12H2,(H2,25,28)(H,26,29). The normalized spacial score (nSPS) is 15.0. The molecular weight excluding hydrogens is 399 g/mol.